The number of rotatable bonds is 44. The molecule has 0 aromatic rings. The van der Waals surface area contributed by atoms with Crippen LogP contribution in [0, 0.1) is 10.8 Å². The summed E-state index contributed by atoms with van der Waals surface area (Å²) in [6.07, 6.45) is 43.3. The highest BCUT2D eigenvalue weighted by Crippen LogP contribution is 2.50. The van der Waals surface area contributed by atoms with E-state index in [0.717, 1.165) is 83.8 Å². The number of aliphatic hydroxyl groups is 1. The van der Waals surface area contributed by atoms with Crippen molar-refractivity contribution in [2.45, 2.75) is 272 Å². The number of esters is 2. The Labute approximate surface area is 355 Å². The van der Waals surface area contributed by atoms with Crippen molar-refractivity contribution in [3.05, 3.63) is 0 Å². The van der Waals surface area contributed by atoms with Gasteiger partial charge in [-0.1, -0.05) is 175 Å². The molecule has 0 radical (unpaired) electrons. The molecule has 0 aliphatic heterocycles. The van der Waals surface area contributed by atoms with Crippen LogP contribution >= 0.6 is 0 Å². The summed E-state index contributed by atoms with van der Waals surface area (Å²) >= 11 is 0. The molecule has 6 nitrogen and oxygen atoms in total. The molecule has 57 heavy (non-hydrogen) atoms. The lowest BCUT2D eigenvalue weighted by Crippen LogP contribution is -2.31. The standard InChI is InChI=1S/C51H99NO5/c1-6-9-12-15-18-21-24-30-37-48(54)56-46-51(40-41-51)39-32-27-34-43-52(44-45-53)42-33-26-25-31-38-50(4,5)49(55)57-47(35-28-22-19-16-13-10-7-2)36-29-23-20-17-14-11-8-3/h47,53H,6-46H2,1-5H3. The van der Waals surface area contributed by atoms with E-state index in [1.807, 2.05) is 0 Å². The fourth-order valence-electron chi connectivity index (χ4n) is 8.43. The normalized spacial score (nSPS) is 13.8. The van der Waals surface area contributed by atoms with Crippen LogP contribution in [0.1, 0.15) is 266 Å². The highest BCUT2D eigenvalue weighted by atomic mass is 16.5. The van der Waals surface area contributed by atoms with Crippen LogP contribution in [0.15, 0.2) is 0 Å². The SMILES string of the molecule is CCCCCCCCCCC(=O)OCC1(CCCCCN(CCO)CCCCCCC(C)(C)C(=O)OC(CCCCCCCCC)CCCCCCCCC)CC1. The van der Waals surface area contributed by atoms with Crippen molar-refractivity contribution in [3.8, 4) is 0 Å². The predicted octanol–water partition coefficient (Wildman–Crippen LogP) is 14.9. The first-order chi connectivity index (χ1) is 27.7. The zero-order chi connectivity index (χ0) is 41.7. The zero-order valence-corrected chi connectivity index (χ0v) is 39.1. The lowest BCUT2D eigenvalue weighted by atomic mass is 9.86. The van der Waals surface area contributed by atoms with Crippen LogP contribution < -0.4 is 0 Å². The smallest absolute Gasteiger partial charge is 0.311 e. The minimum atomic E-state index is -0.435. The Hall–Kier alpha value is -1.14. The molecule has 1 rings (SSSR count). The summed E-state index contributed by atoms with van der Waals surface area (Å²) in [4.78, 5) is 28.2. The molecule has 0 aromatic carbocycles. The highest BCUT2D eigenvalue weighted by molar-refractivity contribution is 5.76. The van der Waals surface area contributed by atoms with Gasteiger partial charge in [0.25, 0.3) is 0 Å². The third kappa shape index (κ3) is 31.4. The topological polar surface area (TPSA) is 76.1 Å². The molecule has 0 aromatic heterocycles. The van der Waals surface area contributed by atoms with Gasteiger partial charge in [-0.25, -0.2) is 0 Å². The summed E-state index contributed by atoms with van der Waals surface area (Å²) in [7, 11) is 0. The van der Waals surface area contributed by atoms with Crippen molar-refractivity contribution in [1.82, 2.24) is 4.90 Å². The predicted molar refractivity (Wildman–Crippen MR) is 244 cm³/mol. The summed E-state index contributed by atoms with van der Waals surface area (Å²) in [5.41, 5.74) is -0.178. The maximum Gasteiger partial charge on any atom is 0.311 e. The molecule has 0 spiro atoms. The fraction of sp³-hybridized carbons (Fsp3) is 0.961. The van der Waals surface area contributed by atoms with Crippen molar-refractivity contribution in [1.29, 1.82) is 0 Å². The molecule has 6 heteroatoms. The minimum Gasteiger partial charge on any atom is -0.465 e. The number of carbonyl (C=O) groups is 2. The van der Waals surface area contributed by atoms with Crippen molar-refractivity contribution in [2.24, 2.45) is 10.8 Å². The molecule has 0 amide bonds. The summed E-state index contributed by atoms with van der Waals surface area (Å²) in [6, 6.07) is 0. The quantitative estimate of drug-likeness (QED) is 0.0488. The minimum absolute atomic E-state index is 0.00458. The Morgan fingerprint density at radius 3 is 1.51 bits per heavy atom. The van der Waals surface area contributed by atoms with Crippen molar-refractivity contribution < 1.29 is 24.2 Å². The first-order valence-electron chi connectivity index (χ1n) is 25.4. The van der Waals surface area contributed by atoms with Crippen LogP contribution in [0.2, 0.25) is 0 Å². The van der Waals surface area contributed by atoms with Crippen molar-refractivity contribution >= 4 is 11.9 Å². The van der Waals surface area contributed by atoms with Crippen LogP contribution in [0.3, 0.4) is 0 Å². The molecule has 1 aliphatic rings. The number of carbonyl (C=O) groups excluding carboxylic acids is 2. The second kappa shape index (κ2) is 36.7. The molecule has 0 heterocycles. The molecule has 1 saturated carbocycles. The second-order valence-corrected chi connectivity index (χ2v) is 19.2. The van der Waals surface area contributed by atoms with Gasteiger partial charge in [0.05, 0.1) is 18.6 Å². The van der Waals surface area contributed by atoms with Crippen LogP contribution in [-0.2, 0) is 19.1 Å². The van der Waals surface area contributed by atoms with Crippen LogP contribution in [0.25, 0.3) is 0 Å². The highest BCUT2D eigenvalue weighted by Gasteiger charge is 2.43. The Bertz CT molecular complexity index is 899. The lowest BCUT2D eigenvalue weighted by Gasteiger charge is -2.27. The number of aliphatic hydroxyl groups excluding tert-OH is 1. The van der Waals surface area contributed by atoms with Gasteiger partial charge in [0.2, 0.25) is 0 Å². The van der Waals surface area contributed by atoms with Gasteiger partial charge >= 0.3 is 11.9 Å². The number of nitrogens with zero attached hydrogens (tertiary/aromatic N) is 1. The van der Waals surface area contributed by atoms with Crippen LogP contribution in [-0.4, -0.2) is 60.9 Å². The van der Waals surface area contributed by atoms with E-state index in [9.17, 15) is 14.7 Å². The lowest BCUT2D eigenvalue weighted by molar-refractivity contribution is -0.161. The van der Waals surface area contributed by atoms with Gasteiger partial charge < -0.3 is 19.5 Å². The third-order valence-corrected chi connectivity index (χ3v) is 12.9. The van der Waals surface area contributed by atoms with E-state index in [-0.39, 0.29) is 30.1 Å². The Morgan fingerprint density at radius 1 is 0.579 bits per heavy atom. The maximum absolute atomic E-state index is 13.4. The molecular formula is C51H99NO5. The maximum atomic E-state index is 13.4. The molecule has 0 atom stereocenters. The summed E-state index contributed by atoms with van der Waals surface area (Å²) in [5, 5.41) is 9.70. The molecule has 338 valence electrons. The van der Waals surface area contributed by atoms with Gasteiger partial charge in [0, 0.05) is 18.4 Å². The van der Waals surface area contributed by atoms with E-state index in [2.05, 4.69) is 39.5 Å². The van der Waals surface area contributed by atoms with Gasteiger partial charge in [-0.15, -0.1) is 0 Å². The number of hydrogen-bond donors (Lipinski definition) is 1. The molecular weight excluding hydrogens is 707 g/mol. The average Bonchev–Trinajstić information content (AvgIpc) is 3.98. The Kier molecular flexibility index (Phi) is 34.7. The zero-order valence-electron chi connectivity index (χ0n) is 39.1. The van der Waals surface area contributed by atoms with Crippen molar-refractivity contribution in [3.63, 3.8) is 0 Å². The summed E-state index contributed by atoms with van der Waals surface area (Å²) in [5.74, 6) is 0.0140. The van der Waals surface area contributed by atoms with Gasteiger partial charge in [-0.3, -0.25) is 9.59 Å². The largest absolute Gasteiger partial charge is 0.465 e. The summed E-state index contributed by atoms with van der Waals surface area (Å²) < 4.78 is 12.0. The van der Waals surface area contributed by atoms with E-state index in [0.29, 0.717) is 13.0 Å². The van der Waals surface area contributed by atoms with E-state index >= 15 is 0 Å². The molecule has 0 bridgehead atoms. The molecule has 0 unspecified atom stereocenters. The van der Waals surface area contributed by atoms with Crippen LogP contribution in [0.5, 0.6) is 0 Å². The molecule has 1 N–H and O–H groups in total. The first-order valence-corrected chi connectivity index (χ1v) is 25.4. The second-order valence-electron chi connectivity index (χ2n) is 19.2. The molecule has 0 saturated heterocycles. The molecule has 1 aliphatic carbocycles. The van der Waals surface area contributed by atoms with Gasteiger partial charge in [0.15, 0.2) is 0 Å². The first kappa shape index (κ1) is 53.9. The van der Waals surface area contributed by atoms with Gasteiger partial charge in [0.1, 0.15) is 6.10 Å². The van der Waals surface area contributed by atoms with E-state index in [4.69, 9.17) is 9.47 Å². The monoisotopic (exact) mass is 806 g/mol. The summed E-state index contributed by atoms with van der Waals surface area (Å²) in [6.45, 7) is 14.6. The van der Waals surface area contributed by atoms with Gasteiger partial charge in [-0.05, 0) is 97.6 Å². The molecule has 1 fully saturated rings. The van der Waals surface area contributed by atoms with E-state index < -0.39 is 5.41 Å². The number of hydrogen-bond acceptors (Lipinski definition) is 6. The Morgan fingerprint density at radius 2 is 1.02 bits per heavy atom. The average molecular weight is 806 g/mol. The van der Waals surface area contributed by atoms with Gasteiger partial charge in [-0.2, -0.15) is 0 Å². The van der Waals surface area contributed by atoms with E-state index in [1.54, 1.807) is 0 Å². The van der Waals surface area contributed by atoms with Crippen LogP contribution in [0.4, 0.5) is 0 Å². The van der Waals surface area contributed by atoms with Crippen molar-refractivity contribution in [2.75, 3.05) is 32.8 Å². The fourth-order valence-corrected chi connectivity index (χ4v) is 8.43. The third-order valence-electron chi connectivity index (χ3n) is 12.9. The van der Waals surface area contributed by atoms with E-state index in [1.165, 1.54) is 161 Å². The number of ether oxygens (including phenoxy) is 2. The Balaban J connectivity index is 2.26. The number of unbranched alkanes of at least 4 members (excludes halogenated alkanes) is 24.